The molecule has 66 valence electrons. The Morgan fingerprint density at radius 3 is 2.64 bits per heavy atom. The number of hydrogen-bond donors (Lipinski definition) is 1. The quantitative estimate of drug-likeness (QED) is 0.659. The molecule has 1 N–H and O–H groups in total. The Kier molecular flexibility index (Phi) is 2.55. The van der Waals surface area contributed by atoms with Crippen LogP contribution in [0.1, 0.15) is 34.1 Å². The van der Waals surface area contributed by atoms with Crippen LogP contribution in [0.3, 0.4) is 0 Å². The Bertz CT molecular complexity index is 136. The zero-order chi connectivity index (χ0) is 8.48. The van der Waals surface area contributed by atoms with E-state index in [4.69, 9.17) is 4.74 Å². The maximum absolute atomic E-state index is 5.65. The zero-order valence-corrected chi connectivity index (χ0v) is 7.98. The Labute approximate surface area is 69.3 Å². The fourth-order valence-electron chi connectivity index (χ4n) is 1.81. The summed E-state index contributed by atoms with van der Waals surface area (Å²) < 4.78 is 5.65. The third-order valence-electron chi connectivity index (χ3n) is 2.00. The molecule has 0 radical (unpaired) electrons. The molecule has 0 bridgehead atoms. The van der Waals surface area contributed by atoms with E-state index < -0.39 is 0 Å². The van der Waals surface area contributed by atoms with Crippen LogP contribution in [0, 0.1) is 5.92 Å². The van der Waals surface area contributed by atoms with E-state index in [2.05, 4.69) is 33.0 Å². The van der Waals surface area contributed by atoms with Crippen LogP contribution in [0.5, 0.6) is 0 Å². The van der Waals surface area contributed by atoms with E-state index in [1.165, 1.54) is 0 Å². The monoisotopic (exact) mass is 157 g/mol. The summed E-state index contributed by atoms with van der Waals surface area (Å²) >= 11 is 0. The highest BCUT2D eigenvalue weighted by Gasteiger charge is 2.33. The van der Waals surface area contributed by atoms with Crippen molar-refractivity contribution in [3.63, 3.8) is 0 Å². The third kappa shape index (κ3) is 2.46. The van der Waals surface area contributed by atoms with Crippen molar-refractivity contribution in [2.75, 3.05) is 6.61 Å². The van der Waals surface area contributed by atoms with Crippen LogP contribution in [-0.4, -0.2) is 18.4 Å². The SMILES string of the molecule is CC(C)CC1(C)NC(C)CO1. The zero-order valence-electron chi connectivity index (χ0n) is 7.98. The van der Waals surface area contributed by atoms with Crippen LogP contribution >= 0.6 is 0 Å². The molecule has 2 atom stereocenters. The van der Waals surface area contributed by atoms with E-state index in [0.717, 1.165) is 13.0 Å². The van der Waals surface area contributed by atoms with Gasteiger partial charge in [-0.1, -0.05) is 13.8 Å². The second-order valence-electron chi connectivity index (χ2n) is 4.19. The van der Waals surface area contributed by atoms with Crippen LogP contribution in [0.15, 0.2) is 0 Å². The highest BCUT2D eigenvalue weighted by atomic mass is 16.5. The average molecular weight is 157 g/mol. The Morgan fingerprint density at radius 1 is 1.64 bits per heavy atom. The predicted molar refractivity (Wildman–Crippen MR) is 46.4 cm³/mol. The fourth-order valence-corrected chi connectivity index (χ4v) is 1.81. The summed E-state index contributed by atoms with van der Waals surface area (Å²) in [6.07, 6.45) is 1.09. The van der Waals surface area contributed by atoms with Gasteiger partial charge in [0.2, 0.25) is 0 Å². The van der Waals surface area contributed by atoms with Gasteiger partial charge >= 0.3 is 0 Å². The molecule has 1 heterocycles. The van der Waals surface area contributed by atoms with Gasteiger partial charge in [-0.15, -0.1) is 0 Å². The lowest BCUT2D eigenvalue weighted by atomic mass is 10.0. The van der Waals surface area contributed by atoms with E-state index in [9.17, 15) is 0 Å². The molecular formula is C9H19NO. The van der Waals surface area contributed by atoms with Gasteiger partial charge in [0.1, 0.15) is 5.72 Å². The number of ether oxygens (including phenoxy) is 1. The summed E-state index contributed by atoms with van der Waals surface area (Å²) in [4.78, 5) is 0. The van der Waals surface area contributed by atoms with E-state index >= 15 is 0 Å². The maximum Gasteiger partial charge on any atom is 0.116 e. The molecule has 0 spiro atoms. The van der Waals surface area contributed by atoms with Crippen molar-refractivity contribution in [2.45, 2.75) is 45.9 Å². The fraction of sp³-hybridized carbons (Fsp3) is 1.00. The molecule has 0 aromatic rings. The van der Waals surface area contributed by atoms with Crippen molar-refractivity contribution in [3.05, 3.63) is 0 Å². The van der Waals surface area contributed by atoms with Crippen LogP contribution in [0.25, 0.3) is 0 Å². The second kappa shape index (κ2) is 3.11. The summed E-state index contributed by atoms with van der Waals surface area (Å²) in [6, 6.07) is 0.513. The van der Waals surface area contributed by atoms with Crippen LogP contribution in [-0.2, 0) is 4.74 Å². The Hall–Kier alpha value is -0.0800. The Morgan fingerprint density at radius 2 is 2.27 bits per heavy atom. The lowest BCUT2D eigenvalue weighted by Gasteiger charge is -2.25. The van der Waals surface area contributed by atoms with Crippen molar-refractivity contribution >= 4 is 0 Å². The van der Waals surface area contributed by atoms with E-state index in [1.807, 2.05) is 0 Å². The second-order valence-corrected chi connectivity index (χ2v) is 4.19. The topological polar surface area (TPSA) is 21.3 Å². The minimum atomic E-state index is -0.0619. The third-order valence-corrected chi connectivity index (χ3v) is 2.00. The van der Waals surface area contributed by atoms with Gasteiger partial charge in [-0.3, -0.25) is 5.32 Å². The highest BCUT2D eigenvalue weighted by Crippen LogP contribution is 2.23. The molecular weight excluding hydrogens is 138 g/mol. The smallest absolute Gasteiger partial charge is 0.116 e. The minimum absolute atomic E-state index is 0.0619. The normalized spacial score (nSPS) is 38.5. The first-order valence-electron chi connectivity index (χ1n) is 4.43. The summed E-state index contributed by atoms with van der Waals surface area (Å²) in [5, 5.41) is 3.44. The molecule has 2 nitrogen and oxygen atoms in total. The summed E-state index contributed by atoms with van der Waals surface area (Å²) in [5.74, 6) is 0.692. The molecule has 2 heteroatoms. The van der Waals surface area contributed by atoms with Gasteiger partial charge in [0.05, 0.1) is 6.61 Å². The molecule has 1 aliphatic heterocycles. The number of nitrogens with one attached hydrogen (secondary N) is 1. The van der Waals surface area contributed by atoms with E-state index in [0.29, 0.717) is 12.0 Å². The van der Waals surface area contributed by atoms with Crippen molar-refractivity contribution in [1.29, 1.82) is 0 Å². The summed E-state index contributed by atoms with van der Waals surface area (Å²) in [6.45, 7) is 9.59. The molecule has 1 rings (SSSR count). The first-order chi connectivity index (χ1) is 5.02. The van der Waals surface area contributed by atoms with Crippen LogP contribution in [0.4, 0.5) is 0 Å². The standard InChI is InChI=1S/C9H19NO/c1-7(2)5-9(4)10-8(3)6-11-9/h7-8,10H,5-6H2,1-4H3. The highest BCUT2D eigenvalue weighted by molar-refractivity contribution is 4.83. The molecule has 1 fully saturated rings. The first-order valence-corrected chi connectivity index (χ1v) is 4.43. The van der Waals surface area contributed by atoms with Gasteiger partial charge < -0.3 is 4.74 Å². The van der Waals surface area contributed by atoms with E-state index in [1.54, 1.807) is 0 Å². The number of hydrogen-bond acceptors (Lipinski definition) is 2. The van der Waals surface area contributed by atoms with Crippen LogP contribution < -0.4 is 5.32 Å². The van der Waals surface area contributed by atoms with Gasteiger partial charge in [-0.25, -0.2) is 0 Å². The van der Waals surface area contributed by atoms with Gasteiger partial charge in [0, 0.05) is 6.04 Å². The largest absolute Gasteiger partial charge is 0.359 e. The maximum atomic E-state index is 5.65. The molecule has 1 aliphatic rings. The summed E-state index contributed by atoms with van der Waals surface area (Å²) in [7, 11) is 0. The molecule has 0 aliphatic carbocycles. The Balaban J connectivity index is 2.42. The van der Waals surface area contributed by atoms with Gasteiger partial charge in [-0.05, 0) is 26.2 Å². The molecule has 1 saturated heterocycles. The van der Waals surface area contributed by atoms with Crippen LogP contribution in [0.2, 0.25) is 0 Å². The van der Waals surface area contributed by atoms with Crippen molar-refractivity contribution in [1.82, 2.24) is 5.32 Å². The lowest BCUT2D eigenvalue weighted by Crippen LogP contribution is -2.41. The average Bonchev–Trinajstić information content (AvgIpc) is 2.08. The van der Waals surface area contributed by atoms with Gasteiger partial charge in [-0.2, -0.15) is 0 Å². The van der Waals surface area contributed by atoms with Gasteiger partial charge in [0.15, 0.2) is 0 Å². The molecule has 2 unspecified atom stereocenters. The molecule has 0 aromatic heterocycles. The summed E-state index contributed by atoms with van der Waals surface area (Å²) in [5.41, 5.74) is -0.0619. The predicted octanol–water partition coefficient (Wildman–Crippen LogP) is 1.76. The van der Waals surface area contributed by atoms with E-state index in [-0.39, 0.29) is 5.72 Å². The first kappa shape index (κ1) is 9.01. The van der Waals surface area contributed by atoms with Crippen molar-refractivity contribution in [3.8, 4) is 0 Å². The molecule has 0 aromatic carbocycles. The van der Waals surface area contributed by atoms with Gasteiger partial charge in [0.25, 0.3) is 0 Å². The minimum Gasteiger partial charge on any atom is -0.359 e. The molecule has 0 saturated carbocycles. The molecule has 11 heavy (non-hydrogen) atoms. The lowest BCUT2D eigenvalue weighted by molar-refractivity contribution is -0.00997. The number of rotatable bonds is 2. The van der Waals surface area contributed by atoms with Crippen molar-refractivity contribution in [2.24, 2.45) is 5.92 Å². The molecule has 0 amide bonds. The van der Waals surface area contributed by atoms with Crippen molar-refractivity contribution < 1.29 is 4.74 Å².